The van der Waals surface area contributed by atoms with Gasteiger partial charge in [0.25, 0.3) is 5.95 Å². The van der Waals surface area contributed by atoms with E-state index in [1.807, 2.05) is 13.8 Å². The Hall–Kier alpha value is -1.13. The van der Waals surface area contributed by atoms with Crippen molar-refractivity contribution in [3.05, 3.63) is 0 Å². The van der Waals surface area contributed by atoms with Gasteiger partial charge in [0.15, 0.2) is 0 Å². The normalized spacial score (nSPS) is 10.6. The van der Waals surface area contributed by atoms with Crippen LogP contribution in [0.15, 0.2) is 0 Å². The fraction of sp³-hybridized carbons (Fsp3) is 0.750. The summed E-state index contributed by atoms with van der Waals surface area (Å²) in [7, 11) is 0. The Kier molecular flexibility index (Phi) is 1.33. The van der Waals surface area contributed by atoms with Crippen LogP contribution in [-0.4, -0.2) is 20.2 Å². The van der Waals surface area contributed by atoms with Gasteiger partial charge in [-0.25, -0.2) is 0 Å². The summed E-state index contributed by atoms with van der Waals surface area (Å²) in [6.45, 7) is 3.92. The number of nitrogens with two attached hydrogens (primary N) is 1. The molecule has 5 heteroatoms. The van der Waals surface area contributed by atoms with E-state index in [4.69, 9.17) is 5.73 Å². The lowest BCUT2D eigenvalue weighted by Crippen LogP contribution is -2.04. The zero-order valence-electron chi connectivity index (χ0n) is 5.44. The maximum atomic E-state index is 5.21. The Morgan fingerprint density at radius 1 is 1.56 bits per heavy atom. The fourth-order valence-electron chi connectivity index (χ4n) is 0.455. The second-order valence-electron chi connectivity index (χ2n) is 2.06. The van der Waals surface area contributed by atoms with E-state index in [0.717, 1.165) is 0 Å². The first-order valence-corrected chi connectivity index (χ1v) is 2.75. The molecule has 0 amide bonds. The van der Waals surface area contributed by atoms with Gasteiger partial charge in [-0.15, -0.1) is 5.10 Å². The average molecular weight is 127 g/mol. The van der Waals surface area contributed by atoms with Crippen molar-refractivity contribution in [2.45, 2.75) is 19.9 Å². The van der Waals surface area contributed by atoms with Crippen LogP contribution >= 0.6 is 0 Å². The molecule has 0 spiro atoms. The molecule has 0 atom stereocenters. The second kappa shape index (κ2) is 2.00. The molecule has 1 heterocycles. The van der Waals surface area contributed by atoms with E-state index in [0.29, 0.717) is 0 Å². The van der Waals surface area contributed by atoms with Crippen molar-refractivity contribution >= 4 is 5.95 Å². The molecule has 0 saturated carbocycles. The fourth-order valence-corrected chi connectivity index (χ4v) is 0.455. The Bertz CT molecular complexity index is 191. The molecule has 0 aliphatic heterocycles. The van der Waals surface area contributed by atoms with E-state index in [1.54, 1.807) is 0 Å². The van der Waals surface area contributed by atoms with Gasteiger partial charge in [0.2, 0.25) is 0 Å². The van der Waals surface area contributed by atoms with Crippen molar-refractivity contribution in [1.82, 2.24) is 20.2 Å². The Morgan fingerprint density at radius 2 is 2.22 bits per heavy atom. The molecule has 5 nitrogen and oxygen atoms in total. The maximum Gasteiger partial charge on any atom is 0.260 e. The molecule has 0 saturated heterocycles. The van der Waals surface area contributed by atoms with Crippen LogP contribution in [0.1, 0.15) is 19.9 Å². The number of hydrogen-bond donors (Lipinski definition) is 1. The summed E-state index contributed by atoms with van der Waals surface area (Å²) >= 11 is 0. The maximum absolute atomic E-state index is 5.21. The molecule has 0 aliphatic rings. The molecule has 2 N–H and O–H groups in total. The summed E-state index contributed by atoms with van der Waals surface area (Å²) in [6, 6.07) is 0.231. The van der Waals surface area contributed by atoms with Crippen molar-refractivity contribution in [2.24, 2.45) is 0 Å². The number of tetrazole rings is 1. The largest absolute Gasteiger partial charge is 0.365 e. The zero-order valence-corrected chi connectivity index (χ0v) is 5.44. The molecular weight excluding hydrogens is 118 g/mol. The van der Waals surface area contributed by atoms with E-state index in [-0.39, 0.29) is 12.0 Å². The summed E-state index contributed by atoms with van der Waals surface area (Å²) in [5, 5.41) is 10.9. The van der Waals surface area contributed by atoms with Gasteiger partial charge in [0.05, 0.1) is 6.04 Å². The van der Waals surface area contributed by atoms with Gasteiger partial charge < -0.3 is 5.73 Å². The standard InChI is InChI=1S/C4H9N5/c1-3(2)9-7-4(5)6-8-9/h3H,1-2H3,(H2,5,7). The minimum absolute atomic E-state index is 0.226. The molecule has 0 unspecified atom stereocenters. The molecule has 1 rings (SSSR count). The van der Waals surface area contributed by atoms with Gasteiger partial charge in [0, 0.05) is 0 Å². The minimum atomic E-state index is 0.226. The summed E-state index contributed by atoms with van der Waals surface area (Å²) < 4.78 is 0. The van der Waals surface area contributed by atoms with Crippen LogP contribution in [0.5, 0.6) is 0 Å². The highest BCUT2D eigenvalue weighted by Crippen LogP contribution is 1.97. The molecule has 0 bridgehead atoms. The van der Waals surface area contributed by atoms with Crippen molar-refractivity contribution in [2.75, 3.05) is 5.73 Å². The van der Waals surface area contributed by atoms with E-state index in [9.17, 15) is 0 Å². The van der Waals surface area contributed by atoms with Crippen molar-refractivity contribution in [3.8, 4) is 0 Å². The van der Waals surface area contributed by atoms with Crippen LogP contribution < -0.4 is 5.73 Å². The van der Waals surface area contributed by atoms with Crippen LogP contribution in [0.4, 0.5) is 5.95 Å². The molecule has 9 heavy (non-hydrogen) atoms. The lowest BCUT2D eigenvalue weighted by molar-refractivity contribution is 0.455. The third-order valence-electron chi connectivity index (χ3n) is 0.906. The van der Waals surface area contributed by atoms with Gasteiger partial charge in [-0.3, -0.25) is 0 Å². The molecule has 50 valence electrons. The van der Waals surface area contributed by atoms with Crippen molar-refractivity contribution < 1.29 is 0 Å². The molecule has 0 radical (unpaired) electrons. The van der Waals surface area contributed by atoms with E-state index >= 15 is 0 Å². The van der Waals surface area contributed by atoms with Crippen LogP contribution in [0.25, 0.3) is 0 Å². The number of hydrogen-bond acceptors (Lipinski definition) is 4. The third kappa shape index (κ3) is 1.16. The van der Waals surface area contributed by atoms with Crippen LogP contribution in [0, 0.1) is 0 Å². The predicted molar refractivity (Wildman–Crippen MR) is 32.6 cm³/mol. The topological polar surface area (TPSA) is 69.6 Å². The van der Waals surface area contributed by atoms with Gasteiger partial charge in [-0.05, 0) is 19.1 Å². The highest BCUT2D eigenvalue weighted by molar-refractivity contribution is 5.06. The first-order valence-electron chi connectivity index (χ1n) is 2.75. The third-order valence-corrected chi connectivity index (χ3v) is 0.906. The van der Waals surface area contributed by atoms with Gasteiger partial charge in [-0.1, -0.05) is 5.10 Å². The second-order valence-corrected chi connectivity index (χ2v) is 2.06. The molecule has 0 aliphatic carbocycles. The van der Waals surface area contributed by atoms with Crippen LogP contribution in [0.2, 0.25) is 0 Å². The molecule has 0 fully saturated rings. The van der Waals surface area contributed by atoms with Crippen molar-refractivity contribution in [1.29, 1.82) is 0 Å². The summed E-state index contributed by atoms with van der Waals surface area (Å²) in [4.78, 5) is 1.47. The summed E-state index contributed by atoms with van der Waals surface area (Å²) in [5.74, 6) is 0.226. The highest BCUT2D eigenvalue weighted by Gasteiger charge is 1.99. The van der Waals surface area contributed by atoms with Crippen LogP contribution in [-0.2, 0) is 0 Å². The summed E-state index contributed by atoms with van der Waals surface area (Å²) in [5.41, 5.74) is 5.21. The van der Waals surface area contributed by atoms with E-state index < -0.39 is 0 Å². The molecule has 1 aromatic heterocycles. The Morgan fingerprint density at radius 3 is 2.44 bits per heavy atom. The molecule has 0 aromatic carbocycles. The average Bonchev–Trinajstić information content (AvgIpc) is 2.14. The number of nitrogens with zero attached hydrogens (tertiary/aromatic N) is 4. The Labute approximate surface area is 52.8 Å². The quantitative estimate of drug-likeness (QED) is 0.569. The van der Waals surface area contributed by atoms with Gasteiger partial charge >= 0.3 is 0 Å². The number of nitrogen functional groups attached to an aromatic ring is 1. The lowest BCUT2D eigenvalue weighted by Gasteiger charge is -1.97. The predicted octanol–water partition coefficient (Wildman–Crippen LogP) is -0.164. The first kappa shape index (κ1) is 6.00. The smallest absolute Gasteiger partial charge is 0.260 e. The molecule has 1 aromatic rings. The monoisotopic (exact) mass is 127 g/mol. The SMILES string of the molecule is CC(C)n1nnc(N)n1. The van der Waals surface area contributed by atoms with Gasteiger partial charge in [0.1, 0.15) is 0 Å². The number of anilines is 1. The summed E-state index contributed by atoms with van der Waals surface area (Å²) in [6.07, 6.45) is 0. The van der Waals surface area contributed by atoms with Crippen LogP contribution in [0.3, 0.4) is 0 Å². The highest BCUT2D eigenvalue weighted by atomic mass is 15.6. The Balaban J connectivity index is 2.85. The minimum Gasteiger partial charge on any atom is -0.365 e. The van der Waals surface area contributed by atoms with E-state index in [2.05, 4.69) is 15.4 Å². The zero-order chi connectivity index (χ0) is 6.85. The lowest BCUT2D eigenvalue weighted by atomic mass is 10.4. The molecular formula is C4H9N5. The van der Waals surface area contributed by atoms with E-state index in [1.165, 1.54) is 4.80 Å². The number of rotatable bonds is 1. The van der Waals surface area contributed by atoms with Crippen molar-refractivity contribution in [3.63, 3.8) is 0 Å². The number of aromatic nitrogens is 4. The first-order chi connectivity index (χ1) is 4.20. The van der Waals surface area contributed by atoms with Gasteiger partial charge in [-0.2, -0.15) is 4.80 Å².